The van der Waals surface area contributed by atoms with E-state index in [2.05, 4.69) is 19.9 Å². The van der Waals surface area contributed by atoms with Gasteiger partial charge >= 0.3 is 11.6 Å². The minimum absolute atomic E-state index is 0.109. The number of fused-ring (bicyclic) bond motifs is 5. The fraction of sp³-hybridized carbons (Fsp3) is 0.789. The number of carbonyl (C=O) groups excluding carboxylic acids is 1. The molecule has 2 saturated heterocycles. The predicted molar refractivity (Wildman–Crippen MR) is 180 cm³/mol. The number of rotatable bonds is 7. The summed E-state index contributed by atoms with van der Waals surface area (Å²) in [5.41, 5.74) is 0.549. The van der Waals surface area contributed by atoms with Crippen LogP contribution >= 0.6 is 0 Å². The number of esters is 1. The molecule has 0 bridgehead atoms. The van der Waals surface area contributed by atoms with Crippen LogP contribution in [0, 0.1) is 22.7 Å². The Bertz CT molecular complexity index is 1540. The maximum Gasteiger partial charge on any atom is 0.335 e. The summed E-state index contributed by atoms with van der Waals surface area (Å²) in [5, 5.41) is 64.5. The van der Waals surface area contributed by atoms with Crippen molar-refractivity contribution in [2.75, 3.05) is 6.61 Å². The first-order chi connectivity index (χ1) is 24.6. The van der Waals surface area contributed by atoms with Crippen molar-refractivity contribution < 1.29 is 63.5 Å². The minimum Gasteiger partial charge on any atom is -0.454 e. The second kappa shape index (κ2) is 14.1. The molecule has 1 aromatic rings. The molecule has 0 aromatic carbocycles. The van der Waals surface area contributed by atoms with E-state index < -0.39 is 85.7 Å². The Kier molecular flexibility index (Phi) is 10.3. The molecule has 3 heterocycles. The lowest BCUT2D eigenvalue weighted by Crippen LogP contribution is -2.64. The van der Waals surface area contributed by atoms with E-state index in [0.29, 0.717) is 12.8 Å². The predicted octanol–water partition coefficient (Wildman–Crippen LogP) is 1.41. The molecule has 4 aliphatic carbocycles. The van der Waals surface area contributed by atoms with Gasteiger partial charge in [-0.25, -0.2) is 4.79 Å². The third kappa shape index (κ3) is 6.20. The molecule has 52 heavy (non-hydrogen) atoms. The van der Waals surface area contributed by atoms with E-state index in [9.17, 15) is 40.2 Å². The summed E-state index contributed by atoms with van der Waals surface area (Å²) >= 11 is 0. The van der Waals surface area contributed by atoms with Crippen LogP contribution in [0.5, 0.6) is 0 Å². The van der Waals surface area contributed by atoms with E-state index in [-0.39, 0.29) is 34.2 Å². The van der Waals surface area contributed by atoms with Crippen molar-refractivity contribution in [2.24, 2.45) is 22.7 Å². The first-order valence-electron chi connectivity index (χ1n) is 18.8. The van der Waals surface area contributed by atoms with Crippen LogP contribution in [-0.2, 0) is 28.5 Å². The van der Waals surface area contributed by atoms with Crippen molar-refractivity contribution in [1.82, 2.24) is 0 Å². The normalized spacial score (nSPS) is 48.9. The third-order valence-corrected chi connectivity index (χ3v) is 13.9. The summed E-state index contributed by atoms with van der Waals surface area (Å²) in [6.45, 7) is 6.70. The number of aliphatic hydroxyl groups excluding tert-OH is 5. The summed E-state index contributed by atoms with van der Waals surface area (Å²) in [6, 6.07) is 3.31. The lowest BCUT2D eigenvalue weighted by Gasteiger charge is -2.62. The molecular weight excluding hydrogens is 680 g/mol. The molecule has 14 heteroatoms. The second-order valence-electron chi connectivity index (χ2n) is 16.5. The number of hydrogen-bond donors (Lipinski definition) is 6. The molecule has 0 radical (unpaired) electrons. The van der Waals surface area contributed by atoms with E-state index in [1.54, 1.807) is 13.2 Å². The fourth-order valence-electron chi connectivity index (χ4n) is 11.0. The van der Waals surface area contributed by atoms with Gasteiger partial charge in [0, 0.05) is 18.4 Å². The molecular formula is C38H54O14. The van der Waals surface area contributed by atoms with Crippen LogP contribution in [0.3, 0.4) is 0 Å². The number of allylic oxidation sites excluding steroid dienone is 1. The summed E-state index contributed by atoms with van der Waals surface area (Å²) in [7, 11) is 0. The monoisotopic (exact) mass is 734 g/mol. The van der Waals surface area contributed by atoms with Crippen LogP contribution in [-0.4, -0.2) is 116 Å². The maximum atomic E-state index is 12.6. The number of aliphatic hydroxyl groups is 6. The van der Waals surface area contributed by atoms with Crippen molar-refractivity contribution in [3.63, 3.8) is 0 Å². The van der Waals surface area contributed by atoms with Crippen molar-refractivity contribution in [3.8, 4) is 0 Å². The van der Waals surface area contributed by atoms with E-state index >= 15 is 0 Å². The number of hydrogen-bond acceptors (Lipinski definition) is 14. The van der Waals surface area contributed by atoms with Crippen LogP contribution in [0.2, 0.25) is 0 Å². The lowest BCUT2D eigenvalue weighted by atomic mass is 9.45. The Hall–Kier alpha value is -2.24. The molecule has 6 aliphatic rings. The van der Waals surface area contributed by atoms with Crippen LogP contribution < -0.4 is 5.63 Å². The van der Waals surface area contributed by atoms with Gasteiger partial charge in [0.1, 0.15) is 36.6 Å². The second-order valence-corrected chi connectivity index (χ2v) is 16.5. The Balaban J connectivity index is 1.05. The quantitative estimate of drug-likeness (QED) is 0.173. The zero-order valence-electron chi connectivity index (χ0n) is 30.2. The van der Waals surface area contributed by atoms with Gasteiger partial charge in [-0.05, 0) is 93.1 Å². The van der Waals surface area contributed by atoms with Crippen LogP contribution in [0.15, 0.2) is 39.3 Å². The maximum absolute atomic E-state index is 12.6. The largest absolute Gasteiger partial charge is 0.454 e. The first-order valence-corrected chi connectivity index (χ1v) is 18.8. The van der Waals surface area contributed by atoms with Crippen molar-refractivity contribution in [3.05, 3.63) is 46.0 Å². The molecule has 0 amide bonds. The molecule has 14 nitrogen and oxygen atoms in total. The molecule has 0 unspecified atom stereocenters. The van der Waals surface area contributed by atoms with Crippen LogP contribution in [0.4, 0.5) is 0 Å². The van der Waals surface area contributed by atoms with Crippen molar-refractivity contribution in [1.29, 1.82) is 0 Å². The van der Waals surface area contributed by atoms with Crippen molar-refractivity contribution >= 4 is 5.97 Å². The lowest BCUT2D eigenvalue weighted by molar-refractivity contribution is -0.358. The van der Waals surface area contributed by atoms with Gasteiger partial charge in [-0.2, -0.15) is 0 Å². The molecule has 2 aliphatic heterocycles. The average molecular weight is 735 g/mol. The number of carbonyl (C=O) groups is 1. The molecule has 0 spiro atoms. The van der Waals surface area contributed by atoms with Gasteiger partial charge < -0.3 is 58.7 Å². The average Bonchev–Trinajstić information content (AvgIpc) is 3.39. The van der Waals surface area contributed by atoms with Crippen molar-refractivity contribution in [2.45, 2.75) is 158 Å². The van der Waals surface area contributed by atoms with Gasteiger partial charge in [0.15, 0.2) is 18.7 Å². The fourth-order valence-corrected chi connectivity index (χ4v) is 11.0. The summed E-state index contributed by atoms with van der Waals surface area (Å²) in [4.78, 5) is 23.9. The number of ether oxygens (including phenoxy) is 5. The van der Waals surface area contributed by atoms with E-state index in [0.717, 1.165) is 44.1 Å². The highest BCUT2D eigenvalue weighted by molar-refractivity contribution is 5.66. The van der Waals surface area contributed by atoms with E-state index in [1.807, 2.05) is 6.07 Å². The van der Waals surface area contributed by atoms with Gasteiger partial charge in [0.05, 0.1) is 30.7 Å². The zero-order chi connectivity index (χ0) is 37.3. The summed E-state index contributed by atoms with van der Waals surface area (Å²) in [5.74, 6) is -0.167. The first kappa shape index (κ1) is 38.1. The van der Waals surface area contributed by atoms with Gasteiger partial charge in [-0.1, -0.05) is 25.5 Å². The molecule has 290 valence electrons. The van der Waals surface area contributed by atoms with Gasteiger partial charge in [0.25, 0.3) is 0 Å². The Morgan fingerprint density at radius 2 is 1.65 bits per heavy atom. The highest BCUT2D eigenvalue weighted by Gasteiger charge is 2.67. The van der Waals surface area contributed by atoms with Gasteiger partial charge in [-0.15, -0.1) is 0 Å². The molecule has 6 N–H and O–H groups in total. The third-order valence-electron chi connectivity index (χ3n) is 13.9. The zero-order valence-corrected chi connectivity index (χ0v) is 30.2. The highest BCUT2D eigenvalue weighted by atomic mass is 16.7. The summed E-state index contributed by atoms with van der Waals surface area (Å²) < 4.78 is 34.7. The van der Waals surface area contributed by atoms with E-state index in [4.69, 9.17) is 28.1 Å². The van der Waals surface area contributed by atoms with Crippen LogP contribution in [0.1, 0.15) is 90.5 Å². The SMILES string of the molecule is CC(=O)O[C@H]1[C@@H](O[C@H]2C=C3CC[C@@H]4[C@H](CC[C@]5(C)[C@H](c6ccc(=O)oc6)CC[C@]45O)[C@@]3(C)CC2)O[C@@H](C)[C@H](O[C@@H]2O[C@H](CO)[C@@H](O)[C@H](O)[C@H]2O)[C@H]1O. The minimum atomic E-state index is -1.70. The topological polar surface area (TPSA) is 215 Å². The van der Waals surface area contributed by atoms with Gasteiger partial charge in [-0.3, -0.25) is 4.79 Å². The Morgan fingerprint density at radius 3 is 2.35 bits per heavy atom. The van der Waals surface area contributed by atoms with Crippen LogP contribution in [0.25, 0.3) is 0 Å². The van der Waals surface area contributed by atoms with E-state index in [1.165, 1.54) is 18.6 Å². The molecule has 5 fully saturated rings. The highest BCUT2D eigenvalue weighted by Crippen LogP contribution is 2.70. The molecule has 17 atom stereocenters. The molecule has 7 rings (SSSR count). The molecule has 1 aromatic heterocycles. The Morgan fingerprint density at radius 1 is 0.885 bits per heavy atom. The summed E-state index contributed by atoms with van der Waals surface area (Å²) in [6.07, 6.45) is -3.91. The molecule has 3 saturated carbocycles. The standard InChI is InChI=1S/C38H54O14/c1-18-32(52-34-30(44)29(43)28(42)26(16-39)51-34)31(45)33(49-19(2)40)35(48-18)50-22-9-12-36(3)21(15-22)6-7-25-24(36)10-13-37(4)23(11-14-38(25,37)46)20-5-8-27(41)47-17-20/h5,8,15,17-18,22-26,28-35,39,42-46H,6-7,9-14,16H2,1-4H3/t18-,22+,23-,24-,25+,26+,28+,29-,30+,31+,32-,33+,34-,35+,36-,37+,38-/m0/s1. The van der Waals surface area contributed by atoms with Gasteiger partial charge in [0.2, 0.25) is 0 Å². The Labute approximate surface area is 302 Å². The smallest absolute Gasteiger partial charge is 0.335 e.